The van der Waals surface area contributed by atoms with Gasteiger partial charge in [0.1, 0.15) is 0 Å². The van der Waals surface area contributed by atoms with E-state index >= 15 is 0 Å². The maximum absolute atomic E-state index is 8.97. The van der Waals surface area contributed by atoms with Crippen molar-refractivity contribution in [3.63, 3.8) is 0 Å². The second-order valence-corrected chi connectivity index (χ2v) is 17.4. The summed E-state index contributed by atoms with van der Waals surface area (Å²) in [6, 6.07) is 32.5. The Balaban J connectivity index is 2.25. The molecular formula is C24H24IOPS. The molecule has 3 aromatic rings. The summed E-state index contributed by atoms with van der Waals surface area (Å²) in [7, 11) is 0. The van der Waals surface area contributed by atoms with Crippen LogP contribution in [0.25, 0.3) is 0 Å². The Hall–Kier alpha value is -1.39. The summed E-state index contributed by atoms with van der Waals surface area (Å²) in [6.45, 7) is 0.197. The van der Waals surface area contributed by atoms with Gasteiger partial charge in [-0.15, -0.1) is 0 Å². The standard InChI is InChI=1S/C24H24IOPS/c25-27(22-12-4-1-5-13-22,23-14-6-2-7-15-23,24-16-8-3-9-17-24)19-10-11-20-28-21-18-26/h1-17,19-20,26H,18,21H2. The predicted molar refractivity (Wildman–Crippen MR) is 137 cm³/mol. The van der Waals surface area contributed by atoms with Gasteiger partial charge >= 0.3 is 186 Å². The molecule has 28 heavy (non-hydrogen) atoms. The Morgan fingerprint density at radius 3 is 1.54 bits per heavy atom. The van der Waals surface area contributed by atoms with E-state index < -0.39 is 4.25 Å². The van der Waals surface area contributed by atoms with Crippen LogP contribution in [0, 0.1) is 0 Å². The first kappa shape index (κ1) is 21.3. The molecule has 0 bridgehead atoms. The number of aliphatic hydroxyl groups excluding tert-OH is 1. The van der Waals surface area contributed by atoms with E-state index in [4.69, 9.17) is 5.11 Å². The Kier molecular flexibility index (Phi) is 7.53. The van der Waals surface area contributed by atoms with Crippen LogP contribution in [-0.2, 0) is 0 Å². The van der Waals surface area contributed by atoms with E-state index in [0.29, 0.717) is 5.75 Å². The fraction of sp³-hybridized carbons (Fsp3) is 0.0833. The van der Waals surface area contributed by atoms with Crippen LogP contribution in [0.3, 0.4) is 0 Å². The van der Waals surface area contributed by atoms with E-state index in [9.17, 15) is 0 Å². The zero-order valence-corrected chi connectivity index (χ0v) is 19.4. The third kappa shape index (κ3) is 4.28. The van der Waals surface area contributed by atoms with Crippen molar-refractivity contribution in [2.45, 2.75) is 0 Å². The van der Waals surface area contributed by atoms with E-state index in [0.717, 1.165) is 0 Å². The van der Waals surface area contributed by atoms with Crippen molar-refractivity contribution in [2.24, 2.45) is 0 Å². The first-order chi connectivity index (χ1) is 13.7. The molecule has 0 heterocycles. The van der Waals surface area contributed by atoms with Crippen molar-refractivity contribution in [1.29, 1.82) is 0 Å². The second kappa shape index (κ2) is 9.89. The van der Waals surface area contributed by atoms with Gasteiger partial charge in [-0.3, -0.25) is 0 Å². The zero-order valence-electron chi connectivity index (χ0n) is 15.6. The monoisotopic (exact) mass is 518 g/mol. The number of benzene rings is 3. The topological polar surface area (TPSA) is 20.2 Å². The summed E-state index contributed by atoms with van der Waals surface area (Å²) < 4.78 is -2.82. The molecule has 0 unspecified atom stereocenters. The van der Waals surface area contributed by atoms with Crippen LogP contribution >= 0.6 is 38.0 Å². The van der Waals surface area contributed by atoms with Crippen LogP contribution < -0.4 is 15.9 Å². The molecule has 3 rings (SSSR count). The van der Waals surface area contributed by atoms with Crippen LogP contribution in [0.2, 0.25) is 0 Å². The SMILES string of the molecule is OCCSC=CC=CP(I)(c1ccccc1)(c1ccccc1)c1ccccc1. The Bertz CT molecular complexity index is 827. The third-order valence-corrected chi connectivity index (χ3v) is 16.0. The first-order valence-electron chi connectivity index (χ1n) is 9.17. The van der Waals surface area contributed by atoms with Crippen LogP contribution in [0.15, 0.2) is 114 Å². The number of hydrogen-bond donors (Lipinski definition) is 1. The molecule has 3 aromatic carbocycles. The van der Waals surface area contributed by atoms with Crippen molar-refractivity contribution < 1.29 is 5.11 Å². The molecule has 1 N–H and O–H groups in total. The van der Waals surface area contributed by atoms with Crippen LogP contribution in [0.5, 0.6) is 0 Å². The number of thioether (sulfide) groups is 1. The van der Waals surface area contributed by atoms with Crippen molar-refractivity contribution in [2.75, 3.05) is 12.4 Å². The molecule has 0 aliphatic carbocycles. The first-order valence-corrected chi connectivity index (χ1v) is 15.3. The van der Waals surface area contributed by atoms with Gasteiger partial charge in [-0.1, -0.05) is 0 Å². The summed E-state index contributed by atoms with van der Waals surface area (Å²) >= 11 is 4.36. The molecule has 0 spiro atoms. The van der Waals surface area contributed by atoms with Crippen molar-refractivity contribution in [1.82, 2.24) is 0 Å². The minimum atomic E-state index is -2.82. The van der Waals surface area contributed by atoms with Crippen LogP contribution in [-0.4, -0.2) is 17.5 Å². The minimum absolute atomic E-state index is 0.197. The van der Waals surface area contributed by atoms with Crippen molar-refractivity contribution in [3.8, 4) is 0 Å². The molecule has 0 aliphatic rings. The molecule has 144 valence electrons. The van der Waals surface area contributed by atoms with Gasteiger partial charge in [0, 0.05) is 0 Å². The number of rotatable bonds is 8. The third-order valence-electron chi connectivity index (χ3n) is 4.64. The number of hydrogen-bond acceptors (Lipinski definition) is 2. The van der Waals surface area contributed by atoms with Gasteiger partial charge in [0.15, 0.2) is 0 Å². The van der Waals surface area contributed by atoms with Gasteiger partial charge in [0.2, 0.25) is 0 Å². The fourth-order valence-corrected chi connectivity index (χ4v) is 11.3. The summed E-state index contributed by atoms with van der Waals surface area (Å²) in [5, 5.41) is 15.0. The molecule has 0 fully saturated rings. The molecule has 0 aromatic heterocycles. The second-order valence-electron chi connectivity index (χ2n) is 6.34. The molecule has 0 radical (unpaired) electrons. The van der Waals surface area contributed by atoms with Gasteiger partial charge < -0.3 is 0 Å². The molecule has 0 amide bonds. The van der Waals surface area contributed by atoms with Gasteiger partial charge in [-0.05, 0) is 0 Å². The van der Waals surface area contributed by atoms with Crippen LogP contribution in [0.1, 0.15) is 0 Å². The summed E-state index contributed by atoms with van der Waals surface area (Å²) in [4.78, 5) is 0. The summed E-state index contributed by atoms with van der Waals surface area (Å²) in [6.07, 6.45) is 4.25. The van der Waals surface area contributed by atoms with Gasteiger partial charge in [-0.25, -0.2) is 0 Å². The fourth-order valence-electron chi connectivity index (χ4n) is 3.30. The number of halogens is 1. The molecule has 4 heteroatoms. The van der Waals surface area contributed by atoms with E-state index in [2.05, 4.69) is 131 Å². The molecule has 1 nitrogen and oxygen atoms in total. The Morgan fingerprint density at radius 2 is 1.14 bits per heavy atom. The normalized spacial score (nSPS) is 13.6. The summed E-state index contributed by atoms with van der Waals surface area (Å²) in [5.41, 5.74) is 0. The number of aliphatic hydroxyl groups is 1. The van der Waals surface area contributed by atoms with Crippen LogP contribution in [0.4, 0.5) is 0 Å². The van der Waals surface area contributed by atoms with Gasteiger partial charge in [0.25, 0.3) is 0 Å². The van der Waals surface area contributed by atoms with Gasteiger partial charge in [0.05, 0.1) is 0 Å². The van der Waals surface area contributed by atoms with E-state index in [1.165, 1.54) is 15.9 Å². The Labute approximate surface area is 185 Å². The molecule has 0 saturated carbocycles. The van der Waals surface area contributed by atoms with Crippen molar-refractivity contribution >= 4 is 54.0 Å². The quantitative estimate of drug-likeness (QED) is 0.181. The zero-order chi connectivity index (χ0) is 19.7. The van der Waals surface area contributed by atoms with E-state index in [-0.39, 0.29) is 6.61 Å². The van der Waals surface area contributed by atoms with E-state index in [1.54, 1.807) is 11.8 Å². The average molecular weight is 518 g/mol. The maximum atomic E-state index is 8.97. The number of allylic oxidation sites excluding steroid dienone is 2. The van der Waals surface area contributed by atoms with E-state index in [1.807, 2.05) is 5.41 Å². The molecule has 0 saturated heterocycles. The van der Waals surface area contributed by atoms with Crippen molar-refractivity contribution in [3.05, 3.63) is 114 Å². The summed E-state index contributed by atoms with van der Waals surface area (Å²) in [5.74, 6) is 3.12. The average Bonchev–Trinajstić information content (AvgIpc) is 2.78. The molecule has 0 aliphatic heterocycles. The Morgan fingerprint density at radius 1 is 0.714 bits per heavy atom. The molecule has 0 atom stereocenters. The van der Waals surface area contributed by atoms with Gasteiger partial charge in [-0.2, -0.15) is 0 Å². The predicted octanol–water partition coefficient (Wildman–Crippen LogP) is 5.62. The molecular weight excluding hydrogens is 494 g/mol.